The monoisotopic (exact) mass is 964 g/mol. The Balaban J connectivity index is 0.943. The summed E-state index contributed by atoms with van der Waals surface area (Å²) in [6, 6.07) is -1.84. The predicted octanol–water partition coefficient (Wildman–Crippen LogP) is -0.776. The van der Waals surface area contributed by atoms with Gasteiger partial charge in [-0.1, -0.05) is 6.42 Å². The third-order valence-corrected chi connectivity index (χ3v) is 15.0. The molecule has 28 nitrogen and oxygen atoms in total. The number of nitrogen functional groups attached to an aromatic ring is 1. The highest BCUT2D eigenvalue weighted by Gasteiger charge is 2.48. The van der Waals surface area contributed by atoms with E-state index in [0.29, 0.717) is 45.1 Å². The second kappa shape index (κ2) is 23.2. The molecule has 2 aromatic heterocycles. The number of aromatic nitrogens is 4. The predicted molar refractivity (Wildman–Crippen MR) is 214 cm³/mol. The molecule has 2 aromatic rings. The molecule has 0 saturated carbocycles. The summed E-state index contributed by atoms with van der Waals surface area (Å²) in [6.07, 6.45) is 0.945. The maximum absolute atomic E-state index is 12.9. The first-order valence-corrected chi connectivity index (χ1v) is 24.6. The maximum Gasteiger partial charge on any atom is 0.490 e. The number of carbonyl (C=O) groups excluding carboxylic acids is 3. The molecule has 11 N–H and O–H groups in total. The Bertz CT molecular complexity index is 1970. The van der Waals surface area contributed by atoms with Crippen LogP contribution >= 0.6 is 35.2 Å². The smallest absolute Gasteiger partial charge is 0.388 e. The molecule has 5 heterocycles. The van der Waals surface area contributed by atoms with Gasteiger partial charge < -0.3 is 71.1 Å². The van der Waals surface area contributed by atoms with Crippen LogP contribution in [0, 0.1) is 0 Å². The second-order valence-electron chi connectivity index (χ2n) is 13.7. The van der Waals surface area contributed by atoms with Crippen LogP contribution in [-0.4, -0.2) is 165 Å². The van der Waals surface area contributed by atoms with E-state index in [1.54, 1.807) is 0 Å². The van der Waals surface area contributed by atoms with Gasteiger partial charge in [-0.3, -0.25) is 18.4 Å². The summed E-state index contributed by atoms with van der Waals surface area (Å²) in [6.45, 7) is 0.854. The molecule has 3 aliphatic rings. The minimum absolute atomic E-state index is 0.0111. The zero-order valence-electron chi connectivity index (χ0n) is 33.2. The van der Waals surface area contributed by atoms with Crippen molar-refractivity contribution in [2.24, 2.45) is 0 Å². The summed E-state index contributed by atoms with van der Waals surface area (Å²) in [5.41, 5.74) is 6.17. The van der Waals surface area contributed by atoms with Crippen molar-refractivity contribution in [1.29, 1.82) is 0 Å². The fourth-order valence-electron chi connectivity index (χ4n) is 6.44. The van der Waals surface area contributed by atoms with Crippen LogP contribution in [0.25, 0.3) is 11.2 Å². The molecule has 3 fully saturated rings. The van der Waals surface area contributed by atoms with Gasteiger partial charge >= 0.3 is 35.5 Å². The number of fused-ring (bicyclic) bond motifs is 2. The molecule has 3 aliphatic heterocycles. The first-order valence-electron chi connectivity index (χ1n) is 19.1. The van der Waals surface area contributed by atoms with Gasteiger partial charge in [-0.25, -0.2) is 38.2 Å². The van der Waals surface area contributed by atoms with Crippen molar-refractivity contribution in [3.8, 4) is 0 Å². The van der Waals surface area contributed by atoms with Crippen LogP contribution in [0.15, 0.2) is 12.7 Å². The number of hydrogen-bond acceptors (Lipinski definition) is 20. The topological polar surface area (TPSA) is 387 Å². The van der Waals surface area contributed by atoms with Crippen molar-refractivity contribution in [2.45, 2.75) is 67.5 Å². The number of amides is 5. The summed E-state index contributed by atoms with van der Waals surface area (Å²) >= 11 is 1.85. The molecule has 350 valence electrons. The first-order chi connectivity index (χ1) is 29.5. The van der Waals surface area contributed by atoms with Gasteiger partial charge in [-0.2, -0.15) is 20.4 Å². The Morgan fingerprint density at radius 1 is 0.952 bits per heavy atom. The van der Waals surface area contributed by atoms with Crippen molar-refractivity contribution in [3.63, 3.8) is 0 Å². The lowest BCUT2D eigenvalue weighted by Crippen LogP contribution is -2.50. The van der Waals surface area contributed by atoms with E-state index in [9.17, 15) is 47.9 Å². The van der Waals surface area contributed by atoms with Crippen LogP contribution in [0.3, 0.4) is 0 Å². The van der Waals surface area contributed by atoms with Gasteiger partial charge in [-0.15, -0.1) is 0 Å². The molecular formula is C30H51N10O18P3S. The van der Waals surface area contributed by atoms with E-state index in [-0.39, 0.29) is 67.4 Å². The Morgan fingerprint density at radius 3 is 2.34 bits per heavy atom. The second-order valence-corrected chi connectivity index (χ2v) is 19.7. The molecule has 32 heteroatoms. The van der Waals surface area contributed by atoms with E-state index in [1.165, 1.54) is 10.9 Å². The number of nitrogens with zero attached hydrogens (tertiary/aromatic N) is 4. The van der Waals surface area contributed by atoms with Crippen LogP contribution in [0.4, 0.5) is 15.4 Å². The van der Waals surface area contributed by atoms with Gasteiger partial charge in [0.05, 0.1) is 64.7 Å². The van der Waals surface area contributed by atoms with Gasteiger partial charge in [0, 0.05) is 37.6 Å². The lowest BCUT2D eigenvalue weighted by molar-refractivity contribution is -0.121. The zero-order valence-corrected chi connectivity index (χ0v) is 36.7. The minimum Gasteiger partial charge on any atom is -0.388 e. The van der Waals surface area contributed by atoms with Crippen LogP contribution in [0.1, 0.15) is 31.9 Å². The minimum atomic E-state index is -5.71. The zero-order chi connectivity index (χ0) is 44.9. The van der Waals surface area contributed by atoms with Crippen molar-refractivity contribution in [3.05, 3.63) is 12.7 Å². The highest BCUT2D eigenvalue weighted by atomic mass is 32.2. The number of hydrogen-bond donors (Lipinski definition) is 10. The van der Waals surface area contributed by atoms with Gasteiger partial charge in [0.2, 0.25) is 5.91 Å². The number of carbonyl (C=O) groups is 3. The molecule has 0 spiro atoms. The van der Waals surface area contributed by atoms with Gasteiger partial charge in [0.25, 0.3) is 0 Å². The molecule has 0 aliphatic carbocycles. The summed E-state index contributed by atoms with van der Waals surface area (Å²) in [4.78, 5) is 77.5. The number of nitrogens with one attached hydrogen (secondary N) is 5. The largest absolute Gasteiger partial charge is 0.490 e. The van der Waals surface area contributed by atoms with Crippen LogP contribution in [-0.2, 0) is 55.1 Å². The van der Waals surface area contributed by atoms with Gasteiger partial charge in [0.1, 0.15) is 30.1 Å². The van der Waals surface area contributed by atoms with E-state index in [0.717, 1.165) is 31.3 Å². The third kappa shape index (κ3) is 15.0. The van der Waals surface area contributed by atoms with Crippen LogP contribution < -0.4 is 32.3 Å². The normalized spacial score (nSPS) is 26.2. The Kier molecular flexibility index (Phi) is 18.7. The Morgan fingerprint density at radius 2 is 1.63 bits per heavy atom. The number of aliphatic hydroxyl groups is 1. The molecule has 4 unspecified atom stereocenters. The van der Waals surface area contributed by atoms with Crippen molar-refractivity contribution >= 4 is 70.2 Å². The third-order valence-electron chi connectivity index (χ3n) is 9.30. The number of thioether (sulfide) groups is 1. The molecule has 5 amide bonds. The average molecular weight is 965 g/mol. The lowest BCUT2D eigenvalue weighted by atomic mass is 10.0. The number of rotatable bonds is 27. The number of phosphoric ester groups is 2. The molecule has 10 atom stereocenters. The van der Waals surface area contributed by atoms with Crippen LogP contribution in [0.5, 0.6) is 0 Å². The number of aliphatic hydroxyl groups excluding tert-OH is 1. The van der Waals surface area contributed by atoms with Gasteiger partial charge in [0.15, 0.2) is 17.7 Å². The van der Waals surface area contributed by atoms with E-state index < -0.39 is 60.6 Å². The van der Waals surface area contributed by atoms with E-state index in [1.807, 2.05) is 11.8 Å². The average Bonchev–Trinajstić information content (AvgIpc) is 3.97. The molecule has 0 aromatic carbocycles. The number of urea groups is 2. The molecule has 5 rings (SSSR count). The fraction of sp³-hybridized carbons (Fsp3) is 0.733. The molecule has 0 radical (unpaired) electrons. The SMILES string of the molecule is COP(=O)(O)OP(=O)(O)OP(=O)(O)OC[C@H]1O[C@@H](n2cnc3c(N)ncnc32)C(NC(=O)NCCOCCOCCOCCNC(=O)CCCC[C@@H]2SC[C@@H]3NC(=O)N[C@@H]32)[C@H]1O. The first kappa shape index (κ1) is 49.9. The number of imidazole rings is 1. The summed E-state index contributed by atoms with van der Waals surface area (Å²) in [7, 11) is -15.7. The molecule has 3 saturated heterocycles. The Labute approximate surface area is 358 Å². The Hall–Kier alpha value is -3.08. The quantitative estimate of drug-likeness (QED) is 0.0298. The number of nitrogens with two attached hydrogens (primary N) is 1. The highest BCUT2D eigenvalue weighted by Crippen LogP contribution is 2.67. The van der Waals surface area contributed by atoms with E-state index in [2.05, 4.69) is 54.7 Å². The lowest BCUT2D eigenvalue weighted by Gasteiger charge is -2.23. The molecule has 0 bridgehead atoms. The summed E-state index contributed by atoms with van der Waals surface area (Å²) in [5.74, 6) is 0.880. The van der Waals surface area contributed by atoms with Gasteiger partial charge in [-0.05, 0) is 12.8 Å². The van der Waals surface area contributed by atoms with Crippen molar-refractivity contribution in [2.75, 3.05) is 77.9 Å². The summed E-state index contributed by atoms with van der Waals surface area (Å²) < 4.78 is 76.0. The van der Waals surface area contributed by atoms with E-state index >= 15 is 0 Å². The summed E-state index contributed by atoms with van der Waals surface area (Å²) in [5, 5.41) is 25.4. The molecule has 62 heavy (non-hydrogen) atoms. The van der Waals surface area contributed by atoms with E-state index in [4.69, 9.17) is 29.2 Å². The number of ether oxygens (including phenoxy) is 4. The standard InChI is InChI=1S/C30H51N10O18P3S/c1-51-59(45,46)57-61(49,50)58-60(47,48)55-14-19-25(42)23(28(56-19)40-17-36-24-26(31)34-16-35-27(24)40)39-29(43)33-7-9-53-11-13-54-12-10-52-8-6-32-21(41)5-3-2-4-20-22-18(15-62-20)37-30(44)38-22/h16-20,22-23,25,28,42H,2-15H2,1H3,(H,32,41)(H,45,46)(H,47,48)(H,49,50)(H2,31,34,35)(H2,33,39,43)(H2,37,38,44)/t18-,19+,20-,22-,23?,25-,28+/m0/s1. The van der Waals surface area contributed by atoms with Crippen molar-refractivity contribution in [1.82, 2.24) is 46.1 Å². The number of anilines is 1. The van der Waals surface area contributed by atoms with Crippen LogP contribution in [0.2, 0.25) is 0 Å². The van der Waals surface area contributed by atoms with Crippen molar-refractivity contribution < 1.29 is 84.5 Å². The number of phosphoric acid groups is 3. The number of unbranched alkanes of at least 4 members (excludes halogenated alkanes) is 1. The maximum atomic E-state index is 12.9. The highest BCUT2D eigenvalue weighted by molar-refractivity contribution is 8.00. The fourth-order valence-corrected chi connectivity index (χ4v) is 11.2. The molecular weight excluding hydrogens is 913 g/mol.